The predicted octanol–water partition coefficient (Wildman–Crippen LogP) is 4.12. The summed E-state index contributed by atoms with van der Waals surface area (Å²) in [5.74, 6) is -1.61. The van der Waals surface area contributed by atoms with Gasteiger partial charge in [-0.1, -0.05) is 37.3 Å². The minimum atomic E-state index is -3.64. The average molecular weight is 339 g/mol. The van der Waals surface area contributed by atoms with Crippen molar-refractivity contribution in [2.45, 2.75) is 25.4 Å². The molecule has 2 atom stereocenters. The minimum Gasteiger partial charge on any atom is -0.481 e. The summed E-state index contributed by atoms with van der Waals surface area (Å²) >= 11 is 1.24. The SMILES string of the molecule is CCC(C(=O)O)c1ccsc1NP(=O)(O)Cc1ccccc1. The second-order valence-electron chi connectivity index (χ2n) is 4.96. The third-order valence-corrected chi connectivity index (χ3v) is 5.66. The van der Waals surface area contributed by atoms with Crippen LogP contribution in [0.3, 0.4) is 0 Å². The molecule has 1 aromatic heterocycles. The number of carbonyl (C=O) groups is 1. The fraction of sp³-hybridized carbons (Fsp3) is 0.267. The summed E-state index contributed by atoms with van der Waals surface area (Å²) in [6.45, 7) is 1.78. The molecular weight excluding hydrogens is 321 g/mol. The number of hydrogen-bond acceptors (Lipinski definition) is 3. The largest absolute Gasteiger partial charge is 0.481 e. The Hall–Kier alpha value is -1.62. The topological polar surface area (TPSA) is 86.6 Å². The zero-order valence-electron chi connectivity index (χ0n) is 12.1. The maximum absolute atomic E-state index is 12.4. The fourth-order valence-electron chi connectivity index (χ4n) is 2.24. The third kappa shape index (κ3) is 4.19. The summed E-state index contributed by atoms with van der Waals surface area (Å²) in [5, 5.41) is 14.1. The number of hydrogen-bond donors (Lipinski definition) is 3. The smallest absolute Gasteiger partial charge is 0.311 e. The molecule has 2 rings (SSSR count). The summed E-state index contributed by atoms with van der Waals surface area (Å²) in [5.41, 5.74) is 1.31. The third-order valence-electron chi connectivity index (χ3n) is 3.29. The molecule has 0 bridgehead atoms. The number of nitrogens with one attached hydrogen (secondary N) is 1. The molecule has 5 nitrogen and oxygen atoms in total. The van der Waals surface area contributed by atoms with Crippen LogP contribution in [0, 0.1) is 0 Å². The predicted molar refractivity (Wildman–Crippen MR) is 88.6 cm³/mol. The highest BCUT2D eigenvalue weighted by molar-refractivity contribution is 7.59. The van der Waals surface area contributed by atoms with Crippen molar-refractivity contribution < 1.29 is 19.4 Å². The molecule has 1 heterocycles. The van der Waals surface area contributed by atoms with Crippen molar-refractivity contribution in [1.82, 2.24) is 0 Å². The molecule has 0 saturated carbocycles. The van der Waals surface area contributed by atoms with Gasteiger partial charge in [-0.3, -0.25) is 9.36 Å². The molecule has 118 valence electrons. The van der Waals surface area contributed by atoms with Crippen molar-refractivity contribution in [2.75, 3.05) is 5.09 Å². The molecule has 0 aliphatic heterocycles. The number of carboxylic acid groups (broad SMARTS) is 1. The maximum atomic E-state index is 12.4. The van der Waals surface area contributed by atoms with Crippen LogP contribution in [0.15, 0.2) is 41.8 Å². The lowest BCUT2D eigenvalue weighted by Crippen LogP contribution is -2.11. The number of rotatable bonds is 7. The Labute approximate surface area is 133 Å². The number of thiophene rings is 1. The van der Waals surface area contributed by atoms with E-state index in [0.29, 0.717) is 17.0 Å². The van der Waals surface area contributed by atoms with Gasteiger partial charge in [-0.05, 0) is 23.4 Å². The van der Waals surface area contributed by atoms with E-state index in [-0.39, 0.29) is 6.16 Å². The van der Waals surface area contributed by atoms with E-state index in [2.05, 4.69) is 5.09 Å². The van der Waals surface area contributed by atoms with Crippen LogP contribution in [-0.2, 0) is 15.5 Å². The highest BCUT2D eigenvalue weighted by Gasteiger charge is 2.26. The average Bonchev–Trinajstić information content (AvgIpc) is 2.87. The van der Waals surface area contributed by atoms with E-state index in [4.69, 9.17) is 0 Å². The van der Waals surface area contributed by atoms with Crippen LogP contribution >= 0.6 is 18.9 Å². The number of anilines is 1. The van der Waals surface area contributed by atoms with Gasteiger partial charge >= 0.3 is 5.97 Å². The Balaban J connectivity index is 2.18. The van der Waals surface area contributed by atoms with E-state index in [0.717, 1.165) is 5.56 Å². The van der Waals surface area contributed by atoms with Gasteiger partial charge in [-0.2, -0.15) is 0 Å². The molecule has 0 amide bonds. The van der Waals surface area contributed by atoms with E-state index in [1.54, 1.807) is 30.5 Å². The molecule has 0 spiro atoms. The lowest BCUT2D eigenvalue weighted by atomic mass is 9.99. The molecule has 2 unspecified atom stereocenters. The lowest BCUT2D eigenvalue weighted by Gasteiger charge is -2.17. The van der Waals surface area contributed by atoms with Crippen LogP contribution in [0.1, 0.15) is 30.4 Å². The minimum absolute atomic E-state index is 0.00492. The molecule has 1 aromatic carbocycles. The second-order valence-corrected chi connectivity index (χ2v) is 7.82. The first-order valence-electron chi connectivity index (χ1n) is 6.87. The van der Waals surface area contributed by atoms with Gasteiger partial charge in [0.25, 0.3) is 7.52 Å². The second kappa shape index (κ2) is 7.09. The van der Waals surface area contributed by atoms with Crippen molar-refractivity contribution in [3.63, 3.8) is 0 Å². The Morgan fingerprint density at radius 3 is 2.59 bits per heavy atom. The number of benzene rings is 1. The molecule has 0 fully saturated rings. The van der Waals surface area contributed by atoms with Crippen LogP contribution < -0.4 is 5.09 Å². The summed E-state index contributed by atoms with van der Waals surface area (Å²) in [4.78, 5) is 21.4. The Morgan fingerprint density at radius 2 is 2.00 bits per heavy atom. The first-order chi connectivity index (χ1) is 10.4. The molecule has 3 N–H and O–H groups in total. The van der Waals surface area contributed by atoms with Crippen molar-refractivity contribution >= 4 is 29.8 Å². The van der Waals surface area contributed by atoms with Crippen LogP contribution in [0.2, 0.25) is 0 Å². The van der Waals surface area contributed by atoms with Crippen molar-refractivity contribution in [3.8, 4) is 0 Å². The van der Waals surface area contributed by atoms with Gasteiger partial charge in [0.2, 0.25) is 0 Å². The number of aliphatic carboxylic acids is 1. The Bertz CT molecular complexity index is 686. The standard InChI is InChI=1S/C15H18NO4PS/c1-2-12(15(17)18)13-8-9-22-14(13)16-21(19,20)10-11-6-4-3-5-7-11/h3-9,12H,2,10H2,1H3,(H,17,18)(H2,16,19,20). The van der Waals surface area contributed by atoms with Gasteiger partial charge in [0.15, 0.2) is 0 Å². The van der Waals surface area contributed by atoms with Crippen molar-refractivity contribution in [3.05, 3.63) is 52.9 Å². The molecule has 0 aliphatic rings. The van der Waals surface area contributed by atoms with Gasteiger partial charge in [0, 0.05) is 5.56 Å². The molecule has 2 aromatic rings. The van der Waals surface area contributed by atoms with Crippen molar-refractivity contribution in [2.24, 2.45) is 0 Å². The van der Waals surface area contributed by atoms with Gasteiger partial charge in [-0.25, -0.2) is 0 Å². The van der Waals surface area contributed by atoms with Gasteiger partial charge in [0.05, 0.1) is 17.1 Å². The van der Waals surface area contributed by atoms with Gasteiger partial charge in [-0.15, -0.1) is 11.3 Å². The van der Waals surface area contributed by atoms with E-state index in [1.165, 1.54) is 11.3 Å². The highest BCUT2D eigenvalue weighted by Crippen LogP contribution is 2.47. The molecule has 0 saturated heterocycles. The fourth-order valence-corrected chi connectivity index (χ4v) is 4.81. The number of carboxylic acids is 1. The van der Waals surface area contributed by atoms with E-state index >= 15 is 0 Å². The van der Waals surface area contributed by atoms with Gasteiger partial charge in [0.1, 0.15) is 0 Å². The van der Waals surface area contributed by atoms with Gasteiger partial charge < -0.3 is 15.1 Å². The summed E-state index contributed by atoms with van der Waals surface area (Å²) in [6.07, 6.45) is 0.421. The van der Waals surface area contributed by atoms with E-state index < -0.39 is 19.4 Å². The molecule has 7 heteroatoms. The first kappa shape index (κ1) is 16.7. The Morgan fingerprint density at radius 1 is 1.32 bits per heavy atom. The monoisotopic (exact) mass is 339 g/mol. The maximum Gasteiger partial charge on any atom is 0.311 e. The van der Waals surface area contributed by atoms with Crippen molar-refractivity contribution in [1.29, 1.82) is 0 Å². The first-order valence-corrected chi connectivity index (χ1v) is 9.59. The van der Waals surface area contributed by atoms with Crippen LogP contribution in [0.4, 0.5) is 5.00 Å². The van der Waals surface area contributed by atoms with E-state index in [9.17, 15) is 19.4 Å². The summed E-state index contributed by atoms with van der Waals surface area (Å²) < 4.78 is 12.4. The molecule has 0 radical (unpaired) electrons. The quantitative estimate of drug-likeness (QED) is 0.661. The normalized spacial score (nSPS) is 15.0. The zero-order valence-corrected chi connectivity index (χ0v) is 13.8. The van der Waals surface area contributed by atoms with Crippen LogP contribution in [0.25, 0.3) is 0 Å². The van der Waals surface area contributed by atoms with Crippen LogP contribution in [-0.4, -0.2) is 16.0 Å². The molecular formula is C15H18NO4PS. The molecule has 22 heavy (non-hydrogen) atoms. The lowest BCUT2D eigenvalue weighted by molar-refractivity contribution is -0.138. The van der Waals surface area contributed by atoms with E-state index in [1.807, 2.05) is 18.2 Å². The summed E-state index contributed by atoms with van der Waals surface area (Å²) in [7, 11) is -3.64. The summed E-state index contributed by atoms with van der Waals surface area (Å²) in [6, 6.07) is 10.7. The zero-order chi connectivity index (χ0) is 16.2. The molecule has 0 aliphatic carbocycles. The highest BCUT2D eigenvalue weighted by atomic mass is 32.1. The Kier molecular flexibility index (Phi) is 5.40. The van der Waals surface area contributed by atoms with Crippen LogP contribution in [0.5, 0.6) is 0 Å².